The molecule has 0 saturated heterocycles. The quantitative estimate of drug-likeness (QED) is 0.519. The Morgan fingerprint density at radius 1 is 1.23 bits per heavy atom. The van der Waals surface area contributed by atoms with Crippen molar-refractivity contribution in [2.45, 2.75) is 4.90 Å². The molecule has 2 rings (SSSR count). The molecule has 0 saturated carbocycles. The molecule has 0 bridgehead atoms. The van der Waals surface area contributed by atoms with Gasteiger partial charge >= 0.3 is 0 Å². The molecule has 0 aliphatic rings. The van der Waals surface area contributed by atoms with Crippen molar-refractivity contribution >= 4 is 35.5 Å². The topological polar surface area (TPSA) is 65.2 Å². The highest BCUT2D eigenvalue weighted by molar-refractivity contribution is 8.00. The molecule has 0 fully saturated rings. The van der Waals surface area contributed by atoms with E-state index in [9.17, 15) is 4.79 Å². The summed E-state index contributed by atoms with van der Waals surface area (Å²) in [6.07, 6.45) is 1.53. The monoisotopic (exact) mass is 329 g/mol. The van der Waals surface area contributed by atoms with Crippen molar-refractivity contribution in [2.75, 3.05) is 5.75 Å². The molecule has 110 valence electrons. The normalized spacial score (nSPS) is 10.4. The van der Waals surface area contributed by atoms with Gasteiger partial charge in [-0.1, -0.05) is 23.7 Å². The number of benzene rings is 2. The number of halogens is 1. The van der Waals surface area contributed by atoms with Crippen LogP contribution < -0.4 is 5.43 Å². The zero-order valence-electron chi connectivity index (χ0n) is 11.5. The summed E-state index contributed by atoms with van der Waals surface area (Å²) in [7, 11) is 0. The Labute approximate surface area is 137 Å². The van der Waals surface area contributed by atoms with Gasteiger partial charge in [0.1, 0.15) is 0 Å². The van der Waals surface area contributed by atoms with Gasteiger partial charge in [0.2, 0.25) is 5.91 Å². The first kappa shape index (κ1) is 16.1. The van der Waals surface area contributed by atoms with Crippen LogP contribution in [-0.2, 0) is 4.79 Å². The highest BCUT2D eigenvalue weighted by Crippen LogP contribution is 2.19. The predicted molar refractivity (Wildman–Crippen MR) is 89.1 cm³/mol. The van der Waals surface area contributed by atoms with Gasteiger partial charge in [0.15, 0.2) is 0 Å². The maximum absolute atomic E-state index is 11.7. The lowest BCUT2D eigenvalue weighted by atomic mass is 10.2. The Morgan fingerprint density at radius 3 is 2.55 bits per heavy atom. The summed E-state index contributed by atoms with van der Waals surface area (Å²) in [6, 6.07) is 16.2. The number of rotatable bonds is 5. The second kappa shape index (κ2) is 8.23. The van der Waals surface area contributed by atoms with Gasteiger partial charge in [0, 0.05) is 9.92 Å². The number of carbonyl (C=O) groups excluding carboxylic acids is 1. The number of hydrazone groups is 1. The maximum Gasteiger partial charge on any atom is 0.250 e. The minimum Gasteiger partial charge on any atom is -0.272 e. The largest absolute Gasteiger partial charge is 0.272 e. The van der Waals surface area contributed by atoms with Crippen LogP contribution in [0.15, 0.2) is 58.5 Å². The molecule has 2 aromatic carbocycles. The van der Waals surface area contributed by atoms with Crippen LogP contribution in [0.5, 0.6) is 0 Å². The summed E-state index contributed by atoms with van der Waals surface area (Å²) < 4.78 is 0. The third kappa shape index (κ3) is 5.24. The molecule has 22 heavy (non-hydrogen) atoms. The number of carbonyl (C=O) groups is 1. The molecule has 0 radical (unpaired) electrons. The first-order valence-corrected chi connectivity index (χ1v) is 7.74. The first-order valence-electron chi connectivity index (χ1n) is 6.38. The van der Waals surface area contributed by atoms with Crippen LogP contribution in [-0.4, -0.2) is 17.9 Å². The van der Waals surface area contributed by atoms with Gasteiger partial charge in [-0.05, 0) is 42.0 Å². The Hall–Kier alpha value is -2.29. The van der Waals surface area contributed by atoms with Gasteiger partial charge in [-0.25, -0.2) is 5.43 Å². The standard InChI is InChI=1S/C16H12ClN3OS/c17-14-5-7-15(8-6-14)22-11-16(21)20-19-10-13-3-1-12(9-18)2-4-13/h1-8,10H,11H2,(H,20,21)/b19-10-. The van der Waals surface area contributed by atoms with Gasteiger partial charge in [-0.3, -0.25) is 4.79 Å². The smallest absolute Gasteiger partial charge is 0.250 e. The minimum absolute atomic E-state index is 0.190. The summed E-state index contributed by atoms with van der Waals surface area (Å²) >= 11 is 7.20. The molecule has 6 heteroatoms. The molecule has 0 heterocycles. The predicted octanol–water partition coefficient (Wildman–Crippen LogP) is 3.45. The van der Waals surface area contributed by atoms with E-state index in [0.29, 0.717) is 10.6 Å². The molecule has 0 aliphatic carbocycles. The molecular formula is C16H12ClN3OS. The highest BCUT2D eigenvalue weighted by Gasteiger charge is 2.01. The average molecular weight is 330 g/mol. The van der Waals surface area contributed by atoms with E-state index in [0.717, 1.165) is 10.5 Å². The fourth-order valence-corrected chi connectivity index (χ4v) is 2.35. The van der Waals surface area contributed by atoms with Crippen LogP contribution in [0.4, 0.5) is 0 Å². The molecule has 2 aromatic rings. The van der Waals surface area contributed by atoms with Crippen molar-refractivity contribution < 1.29 is 4.79 Å². The third-order valence-corrected chi connectivity index (χ3v) is 3.89. The maximum atomic E-state index is 11.7. The van der Waals surface area contributed by atoms with Crippen molar-refractivity contribution in [3.8, 4) is 6.07 Å². The van der Waals surface area contributed by atoms with E-state index in [4.69, 9.17) is 16.9 Å². The van der Waals surface area contributed by atoms with Gasteiger partial charge in [-0.2, -0.15) is 10.4 Å². The number of hydrogen-bond acceptors (Lipinski definition) is 4. The van der Waals surface area contributed by atoms with E-state index < -0.39 is 0 Å². The number of nitrogens with zero attached hydrogens (tertiary/aromatic N) is 2. The Bertz CT molecular complexity index is 706. The van der Waals surface area contributed by atoms with E-state index >= 15 is 0 Å². The van der Waals surface area contributed by atoms with Crippen molar-refractivity contribution in [3.63, 3.8) is 0 Å². The Kier molecular flexibility index (Phi) is 6.01. The summed E-state index contributed by atoms with van der Waals surface area (Å²) in [6.45, 7) is 0. The lowest BCUT2D eigenvalue weighted by molar-refractivity contribution is -0.118. The fraction of sp³-hybridized carbons (Fsp3) is 0.0625. The number of amides is 1. The molecule has 0 spiro atoms. The van der Waals surface area contributed by atoms with Crippen molar-refractivity contribution in [3.05, 3.63) is 64.7 Å². The number of hydrogen-bond donors (Lipinski definition) is 1. The van der Waals surface area contributed by atoms with E-state index in [1.54, 1.807) is 36.4 Å². The van der Waals surface area contributed by atoms with Crippen molar-refractivity contribution in [1.29, 1.82) is 5.26 Å². The van der Waals surface area contributed by atoms with E-state index in [2.05, 4.69) is 10.5 Å². The molecular weight excluding hydrogens is 318 g/mol. The van der Waals surface area contributed by atoms with E-state index in [1.165, 1.54) is 18.0 Å². The second-order valence-corrected chi connectivity index (χ2v) is 5.75. The number of nitriles is 1. The lowest BCUT2D eigenvalue weighted by Crippen LogP contribution is -2.19. The summed E-state index contributed by atoms with van der Waals surface area (Å²) in [5.74, 6) is 0.0802. The average Bonchev–Trinajstić information content (AvgIpc) is 2.55. The summed E-state index contributed by atoms with van der Waals surface area (Å²) in [5.41, 5.74) is 3.85. The van der Waals surface area contributed by atoms with Crippen LogP contribution in [0.3, 0.4) is 0 Å². The fourth-order valence-electron chi connectivity index (χ4n) is 1.53. The molecule has 1 N–H and O–H groups in total. The first-order chi connectivity index (χ1) is 10.7. The van der Waals surface area contributed by atoms with Gasteiger partial charge < -0.3 is 0 Å². The molecule has 1 amide bonds. The molecule has 0 atom stereocenters. The van der Waals surface area contributed by atoms with Gasteiger partial charge in [-0.15, -0.1) is 11.8 Å². The Morgan fingerprint density at radius 2 is 1.91 bits per heavy atom. The lowest BCUT2D eigenvalue weighted by Gasteiger charge is -2.01. The van der Waals surface area contributed by atoms with E-state index in [1.807, 2.05) is 18.2 Å². The minimum atomic E-state index is -0.190. The van der Waals surface area contributed by atoms with Crippen LogP contribution >= 0.6 is 23.4 Å². The SMILES string of the molecule is N#Cc1ccc(/C=N\NC(=O)CSc2ccc(Cl)cc2)cc1. The third-order valence-electron chi connectivity index (χ3n) is 2.63. The van der Waals surface area contributed by atoms with Crippen LogP contribution in [0.25, 0.3) is 0 Å². The highest BCUT2D eigenvalue weighted by atomic mass is 35.5. The summed E-state index contributed by atoms with van der Waals surface area (Å²) in [5, 5.41) is 13.2. The van der Waals surface area contributed by atoms with E-state index in [-0.39, 0.29) is 11.7 Å². The molecule has 0 unspecified atom stereocenters. The zero-order chi connectivity index (χ0) is 15.8. The molecule has 4 nitrogen and oxygen atoms in total. The van der Waals surface area contributed by atoms with Crippen molar-refractivity contribution in [1.82, 2.24) is 5.43 Å². The summed E-state index contributed by atoms with van der Waals surface area (Å²) in [4.78, 5) is 12.6. The Balaban J connectivity index is 1.78. The zero-order valence-corrected chi connectivity index (χ0v) is 13.1. The molecule has 0 aromatic heterocycles. The number of thioether (sulfide) groups is 1. The van der Waals surface area contributed by atoms with Crippen LogP contribution in [0, 0.1) is 11.3 Å². The van der Waals surface area contributed by atoms with Crippen LogP contribution in [0.1, 0.15) is 11.1 Å². The number of nitrogens with one attached hydrogen (secondary N) is 1. The van der Waals surface area contributed by atoms with Gasteiger partial charge in [0.05, 0.1) is 23.6 Å². The molecule has 0 aliphatic heterocycles. The van der Waals surface area contributed by atoms with Crippen LogP contribution in [0.2, 0.25) is 5.02 Å². The second-order valence-electron chi connectivity index (χ2n) is 4.27. The van der Waals surface area contributed by atoms with Crippen molar-refractivity contribution in [2.24, 2.45) is 5.10 Å². The van der Waals surface area contributed by atoms with Gasteiger partial charge in [0.25, 0.3) is 0 Å².